The minimum absolute atomic E-state index is 0.00791. The van der Waals surface area contributed by atoms with E-state index in [0.717, 1.165) is 12.0 Å². The zero-order valence-corrected chi connectivity index (χ0v) is 13.1. The summed E-state index contributed by atoms with van der Waals surface area (Å²) in [6, 6.07) is 10.8. The fraction of sp³-hybridized carbons (Fsp3) is 0.294. The molecule has 0 unspecified atom stereocenters. The molecule has 4 nitrogen and oxygen atoms in total. The van der Waals surface area contributed by atoms with Gasteiger partial charge < -0.3 is 9.64 Å². The molecule has 114 valence electrons. The number of aromatic nitrogens is 1. The van der Waals surface area contributed by atoms with E-state index in [-0.39, 0.29) is 12.0 Å². The van der Waals surface area contributed by atoms with Crippen molar-refractivity contribution in [2.75, 3.05) is 13.1 Å². The molecule has 1 atom stereocenters. The Kier molecular flexibility index (Phi) is 4.29. The molecule has 0 saturated carbocycles. The Hall–Kier alpha value is -2.07. The maximum atomic E-state index is 12.4. The molecule has 1 aliphatic heterocycles. The molecule has 0 N–H and O–H groups in total. The number of carbonyl (C=O) groups excluding carboxylic acids is 1. The summed E-state index contributed by atoms with van der Waals surface area (Å²) >= 11 is 5.85. The quantitative estimate of drug-likeness (QED) is 0.872. The number of carbonyl (C=O) groups is 1. The highest BCUT2D eigenvalue weighted by Crippen LogP contribution is 2.19. The van der Waals surface area contributed by atoms with Crippen LogP contribution in [0.25, 0.3) is 0 Å². The fourth-order valence-corrected chi connectivity index (χ4v) is 2.60. The summed E-state index contributed by atoms with van der Waals surface area (Å²) in [5.74, 6) is 0.621. The molecule has 3 rings (SSSR count). The van der Waals surface area contributed by atoms with Crippen LogP contribution in [0.4, 0.5) is 0 Å². The second kappa shape index (κ2) is 6.36. The van der Waals surface area contributed by atoms with Crippen LogP contribution in [0, 0.1) is 6.92 Å². The van der Waals surface area contributed by atoms with Crippen molar-refractivity contribution in [2.45, 2.75) is 19.4 Å². The maximum absolute atomic E-state index is 12.4. The second-order valence-corrected chi connectivity index (χ2v) is 5.90. The summed E-state index contributed by atoms with van der Waals surface area (Å²) in [5, 5.41) is 0.629. The lowest BCUT2D eigenvalue weighted by atomic mass is 10.2. The van der Waals surface area contributed by atoms with Crippen LogP contribution in [0.5, 0.6) is 5.88 Å². The smallest absolute Gasteiger partial charge is 0.253 e. The first-order chi connectivity index (χ1) is 10.6. The normalized spacial score (nSPS) is 17.5. The standard InChI is InChI=1S/C17H17ClN2O2/c1-12-2-7-16(19-10-12)22-15-8-9-20(11-15)17(21)13-3-5-14(18)6-4-13/h2-7,10,15H,8-9,11H2,1H3/t15-/m0/s1. The van der Waals surface area contributed by atoms with Crippen molar-refractivity contribution in [3.63, 3.8) is 0 Å². The zero-order valence-electron chi connectivity index (χ0n) is 12.3. The third-order valence-electron chi connectivity index (χ3n) is 3.70. The first-order valence-electron chi connectivity index (χ1n) is 7.26. The molecule has 1 aliphatic rings. The van der Waals surface area contributed by atoms with Crippen LogP contribution in [-0.4, -0.2) is 35.0 Å². The van der Waals surface area contributed by atoms with Gasteiger partial charge in [0.15, 0.2) is 0 Å². The number of halogens is 1. The summed E-state index contributed by atoms with van der Waals surface area (Å²) in [5.41, 5.74) is 1.75. The largest absolute Gasteiger partial charge is 0.472 e. The van der Waals surface area contributed by atoms with Gasteiger partial charge in [0.25, 0.3) is 5.91 Å². The number of ether oxygens (including phenoxy) is 1. The summed E-state index contributed by atoms with van der Waals surface area (Å²) in [6.45, 7) is 3.26. The van der Waals surface area contributed by atoms with Gasteiger partial charge in [-0.3, -0.25) is 4.79 Å². The number of hydrogen-bond donors (Lipinski definition) is 0. The molecule has 22 heavy (non-hydrogen) atoms. The Bertz CT molecular complexity index is 655. The number of amides is 1. The molecule has 0 aliphatic carbocycles. The Balaban J connectivity index is 1.61. The van der Waals surface area contributed by atoms with E-state index in [0.29, 0.717) is 29.6 Å². The molecule has 1 fully saturated rings. The molecule has 0 radical (unpaired) electrons. The van der Waals surface area contributed by atoms with Gasteiger partial charge in [0, 0.05) is 35.8 Å². The lowest BCUT2D eigenvalue weighted by molar-refractivity contribution is 0.0771. The van der Waals surface area contributed by atoms with Gasteiger partial charge in [0.1, 0.15) is 6.10 Å². The topological polar surface area (TPSA) is 42.4 Å². The van der Waals surface area contributed by atoms with Crippen LogP contribution < -0.4 is 4.74 Å². The van der Waals surface area contributed by atoms with E-state index >= 15 is 0 Å². The number of nitrogens with zero attached hydrogens (tertiary/aromatic N) is 2. The molecule has 5 heteroatoms. The third kappa shape index (κ3) is 3.39. The Labute approximate surface area is 134 Å². The van der Waals surface area contributed by atoms with Gasteiger partial charge in [-0.25, -0.2) is 4.98 Å². The predicted molar refractivity (Wildman–Crippen MR) is 85.4 cm³/mol. The maximum Gasteiger partial charge on any atom is 0.253 e. The zero-order chi connectivity index (χ0) is 15.5. The van der Waals surface area contributed by atoms with Crippen molar-refractivity contribution in [3.8, 4) is 5.88 Å². The van der Waals surface area contributed by atoms with Gasteiger partial charge in [-0.15, -0.1) is 0 Å². The van der Waals surface area contributed by atoms with Gasteiger partial charge in [-0.05, 0) is 36.8 Å². The molecule has 2 heterocycles. The average Bonchev–Trinajstić information content (AvgIpc) is 2.98. The van der Waals surface area contributed by atoms with Crippen molar-refractivity contribution in [1.29, 1.82) is 0 Å². The van der Waals surface area contributed by atoms with E-state index in [1.807, 2.05) is 24.0 Å². The monoisotopic (exact) mass is 316 g/mol. The Morgan fingerprint density at radius 3 is 2.73 bits per heavy atom. The van der Waals surface area contributed by atoms with Gasteiger partial charge in [-0.2, -0.15) is 0 Å². The van der Waals surface area contributed by atoms with E-state index < -0.39 is 0 Å². The summed E-state index contributed by atoms with van der Waals surface area (Å²) in [4.78, 5) is 18.5. The van der Waals surface area contributed by atoms with Crippen molar-refractivity contribution in [3.05, 3.63) is 58.7 Å². The van der Waals surface area contributed by atoms with Gasteiger partial charge >= 0.3 is 0 Å². The minimum Gasteiger partial charge on any atom is -0.472 e. The summed E-state index contributed by atoms with van der Waals surface area (Å²) in [7, 11) is 0. The molecule has 1 amide bonds. The highest BCUT2D eigenvalue weighted by Gasteiger charge is 2.28. The molecule has 1 saturated heterocycles. The van der Waals surface area contributed by atoms with Gasteiger partial charge in [0.2, 0.25) is 5.88 Å². The van der Waals surface area contributed by atoms with E-state index in [9.17, 15) is 4.79 Å². The predicted octanol–water partition coefficient (Wildman–Crippen LogP) is 3.34. The van der Waals surface area contributed by atoms with Crippen LogP contribution in [0.3, 0.4) is 0 Å². The number of hydrogen-bond acceptors (Lipinski definition) is 3. The van der Waals surface area contributed by atoms with Crippen LogP contribution in [0.1, 0.15) is 22.3 Å². The number of rotatable bonds is 3. The van der Waals surface area contributed by atoms with Crippen molar-refractivity contribution >= 4 is 17.5 Å². The molecule has 2 aromatic rings. The van der Waals surface area contributed by atoms with E-state index in [1.165, 1.54) is 0 Å². The SMILES string of the molecule is Cc1ccc(O[C@H]2CCN(C(=O)c3ccc(Cl)cc3)C2)nc1. The average molecular weight is 317 g/mol. The lowest BCUT2D eigenvalue weighted by Crippen LogP contribution is -2.31. The van der Waals surface area contributed by atoms with E-state index in [4.69, 9.17) is 16.3 Å². The first-order valence-corrected chi connectivity index (χ1v) is 7.64. The molecular weight excluding hydrogens is 300 g/mol. The highest BCUT2D eigenvalue weighted by molar-refractivity contribution is 6.30. The van der Waals surface area contributed by atoms with Crippen molar-refractivity contribution in [1.82, 2.24) is 9.88 Å². The summed E-state index contributed by atoms with van der Waals surface area (Å²) in [6.07, 6.45) is 2.59. The second-order valence-electron chi connectivity index (χ2n) is 5.46. The number of benzene rings is 1. The van der Waals surface area contributed by atoms with E-state index in [2.05, 4.69) is 4.98 Å². The highest BCUT2D eigenvalue weighted by atomic mass is 35.5. The van der Waals surface area contributed by atoms with Crippen LogP contribution >= 0.6 is 11.6 Å². The first kappa shape index (κ1) is 14.9. The number of aryl methyl sites for hydroxylation is 1. The van der Waals surface area contributed by atoms with Gasteiger partial charge in [-0.1, -0.05) is 17.7 Å². The molecular formula is C17H17ClN2O2. The molecule has 0 bridgehead atoms. The minimum atomic E-state index is -0.00791. The third-order valence-corrected chi connectivity index (χ3v) is 3.95. The lowest BCUT2D eigenvalue weighted by Gasteiger charge is -2.17. The van der Waals surface area contributed by atoms with Crippen molar-refractivity contribution < 1.29 is 9.53 Å². The molecule has 1 aromatic carbocycles. The Morgan fingerprint density at radius 2 is 2.05 bits per heavy atom. The molecule has 0 spiro atoms. The fourth-order valence-electron chi connectivity index (χ4n) is 2.48. The van der Waals surface area contributed by atoms with Crippen LogP contribution in [0.2, 0.25) is 5.02 Å². The van der Waals surface area contributed by atoms with Crippen LogP contribution in [0.15, 0.2) is 42.6 Å². The summed E-state index contributed by atoms with van der Waals surface area (Å²) < 4.78 is 5.84. The van der Waals surface area contributed by atoms with Crippen molar-refractivity contribution in [2.24, 2.45) is 0 Å². The number of likely N-dealkylation sites (tertiary alicyclic amines) is 1. The molecule has 1 aromatic heterocycles. The number of pyridine rings is 1. The Morgan fingerprint density at radius 1 is 1.27 bits per heavy atom. The van der Waals surface area contributed by atoms with E-state index in [1.54, 1.807) is 30.5 Å². The van der Waals surface area contributed by atoms with Crippen LogP contribution in [-0.2, 0) is 0 Å². The van der Waals surface area contributed by atoms with Gasteiger partial charge in [0.05, 0.1) is 6.54 Å².